The van der Waals surface area contributed by atoms with Crippen molar-refractivity contribution in [3.63, 3.8) is 0 Å². The van der Waals surface area contributed by atoms with Crippen LogP contribution in [0.15, 0.2) is 12.4 Å². The quantitative estimate of drug-likeness (QED) is 0.102. The molecular weight excluding hydrogens is 452 g/mol. The summed E-state index contributed by atoms with van der Waals surface area (Å²) in [7, 11) is -2.60. The van der Waals surface area contributed by atoms with Crippen LogP contribution in [0.4, 0.5) is 0 Å². The van der Waals surface area contributed by atoms with Crippen LogP contribution in [-0.4, -0.2) is 63.6 Å². The smallest absolute Gasteiger partial charge is 0.318 e. The van der Waals surface area contributed by atoms with Crippen LogP contribution in [-0.2, 0) is 47.1 Å². The van der Waals surface area contributed by atoms with Crippen LogP contribution in [0.5, 0.6) is 0 Å². The van der Waals surface area contributed by atoms with Gasteiger partial charge >= 0.3 is 5.97 Å². The number of esters is 1. The molecule has 0 aliphatic rings. The van der Waals surface area contributed by atoms with Gasteiger partial charge in [-0.15, -0.1) is 0 Å². The average molecular weight is 495 g/mol. The van der Waals surface area contributed by atoms with E-state index in [-0.39, 0.29) is 25.6 Å². The number of ether oxygens (including phenoxy) is 3. The molecular formula is C22H42N2O8S. The van der Waals surface area contributed by atoms with Gasteiger partial charge in [0.1, 0.15) is 25.4 Å². The molecule has 1 heterocycles. The summed E-state index contributed by atoms with van der Waals surface area (Å²) in [6, 6.07) is 0. The molecule has 194 valence electrons. The number of hydrogen-bond acceptors (Lipinski definition) is 8. The molecule has 0 saturated carbocycles. The third-order valence-electron chi connectivity index (χ3n) is 4.52. The second-order valence-corrected chi connectivity index (χ2v) is 8.54. The first-order chi connectivity index (χ1) is 15.8. The Bertz CT molecular complexity index is 694. The van der Waals surface area contributed by atoms with E-state index in [4.69, 9.17) is 14.2 Å². The molecule has 0 aromatic carbocycles. The van der Waals surface area contributed by atoms with Gasteiger partial charge in [0.25, 0.3) is 5.82 Å². The molecule has 1 rings (SSSR count). The molecule has 0 aliphatic carbocycles. The lowest BCUT2D eigenvalue weighted by Crippen LogP contribution is -2.32. The summed E-state index contributed by atoms with van der Waals surface area (Å²) in [6.07, 6.45) is 12.3. The zero-order chi connectivity index (χ0) is 24.8. The molecule has 0 unspecified atom stereocenters. The Labute approximate surface area is 198 Å². The molecule has 0 bridgehead atoms. The highest BCUT2D eigenvalue weighted by Crippen LogP contribution is 2.05. The number of H-pyrrole nitrogens is 1. The van der Waals surface area contributed by atoms with E-state index in [1.165, 1.54) is 19.3 Å². The minimum atomic E-state index is -4.47. The van der Waals surface area contributed by atoms with E-state index < -0.39 is 10.4 Å². The lowest BCUT2D eigenvalue weighted by Gasteiger charge is -2.06. The Kier molecular flexibility index (Phi) is 20.1. The largest absolute Gasteiger partial charge is 0.726 e. The number of aryl methyl sites for hydroxylation is 1. The van der Waals surface area contributed by atoms with Gasteiger partial charge in [0.05, 0.1) is 33.5 Å². The number of carbonyl (C=O) groups is 1. The van der Waals surface area contributed by atoms with Crippen LogP contribution >= 0.6 is 0 Å². The van der Waals surface area contributed by atoms with Crippen molar-refractivity contribution in [2.45, 2.75) is 71.6 Å². The first kappa shape index (κ1) is 31.5. The maximum absolute atomic E-state index is 11.5. The summed E-state index contributed by atoms with van der Waals surface area (Å²) >= 11 is 0. The first-order valence-electron chi connectivity index (χ1n) is 11.7. The van der Waals surface area contributed by atoms with Crippen molar-refractivity contribution in [1.82, 2.24) is 4.98 Å². The first-order valence-corrected chi connectivity index (χ1v) is 13.1. The van der Waals surface area contributed by atoms with Gasteiger partial charge in [0.2, 0.25) is 10.4 Å². The van der Waals surface area contributed by atoms with E-state index >= 15 is 0 Å². The number of carbonyl (C=O) groups excluding carboxylic acids is 1. The van der Waals surface area contributed by atoms with Gasteiger partial charge in [-0.3, -0.25) is 8.98 Å². The van der Waals surface area contributed by atoms with E-state index in [1.807, 2.05) is 17.8 Å². The topological polar surface area (TPSA) is 131 Å². The van der Waals surface area contributed by atoms with Gasteiger partial charge in [0.15, 0.2) is 0 Å². The number of rotatable bonds is 19. The standard InChI is InChI=1S/C14H24N2O4.C8H18O4S/c1-3-4-7-18-8-9-19-10-11-20-14(17)12-13-15-5-6-16(13)2;1-2-3-4-5-6-7-8-12-13(9,10)11/h5-6H,3-4,7-12H2,1-2H3;2-8H2,1H3,(H,9,10,11). The van der Waals surface area contributed by atoms with Crippen molar-refractivity contribution in [3.05, 3.63) is 18.2 Å². The Hall–Kier alpha value is -1.53. The van der Waals surface area contributed by atoms with Crippen LogP contribution in [0, 0.1) is 0 Å². The van der Waals surface area contributed by atoms with E-state index in [9.17, 15) is 17.8 Å². The fourth-order valence-electron chi connectivity index (χ4n) is 2.63. The summed E-state index contributed by atoms with van der Waals surface area (Å²) in [4.78, 5) is 14.5. The molecule has 1 aromatic rings. The Morgan fingerprint density at radius 1 is 0.909 bits per heavy atom. The molecule has 0 aliphatic heterocycles. The van der Waals surface area contributed by atoms with Gasteiger partial charge < -0.3 is 18.8 Å². The minimum Gasteiger partial charge on any atom is -0.726 e. The predicted octanol–water partition coefficient (Wildman–Crippen LogP) is 2.58. The normalized spacial score (nSPS) is 11.2. The number of unbranched alkanes of at least 4 members (excludes halogenated alkanes) is 6. The second kappa shape index (κ2) is 21.0. The van der Waals surface area contributed by atoms with Crippen molar-refractivity contribution in [2.24, 2.45) is 7.05 Å². The van der Waals surface area contributed by atoms with Crippen LogP contribution in [0.1, 0.15) is 71.0 Å². The van der Waals surface area contributed by atoms with Crippen LogP contribution in [0.25, 0.3) is 0 Å². The van der Waals surface area contributed by atoms with Crippen molar-refractivity contribution < 1.29 is 40.7 Å². The molecule has 0 radical (unpaired) electrons. The van der Waals surface area contributed by atoms with E-state index in [1.54, 1.807) is 6.20 Å². The maximum Gasteiger partial charge on any atom is 0.318 e. The van der Waals surface area contributed by atoms with E-state index in [0.717, 1.165) is 38.1 Å². The summed E-state index contributed by atoms with van der Waals surface area (Å²) in [5.74, 6) is 0.561. The van der Waals surface area contributed by atoms with Gasteiger partial charge in [-0.2, -0.15) is 0 Å². The summed E-state index contributed by atoms with van der Waals surface area (Å²) in [5, 5.41) is 0. The molecule has 0 atom stereocenters. The third kappa shape index (κ3) is 22.0. The molecule has 0 spiro atoms. The fourth-order valence-corrected chi connectivity index (χ4v) is 2.95. The fraction of sp³-hybridized carbons (Fsp3) is 0.818. The Balaban J connectivity index is 0.000000684. The molecule has 0 saturated heterocycles. The highest BCUT2D eigenvalue weighted by atomic mass is 32.3. The molecule has 11 heteroatoms. The second-order valence-electron chi connectivity index (χ2n) is 7.49. The minimum absolute atomic E-state index is 0.0258. The van der Waals surface area contributed by atoms with Crippen molar-refractivity contribution in [2.75, 3.05) is 39.6 Å². The molecule has 0 fully saturated rings. The SMILES string of the molecule is CCCCCCCCOS(=O)(=O)[O-].CCCCOCCOCCOC(=O)Cc1[nH]cc[n+]1C. The molecule has 1 aromatic heterocycles. The number of aromatic amines is 1. The highest BCUT2D eigenvalue weighted by molar-refractivity contribution is 7.80. The lowest BCUT2D eigenvalue weighted by molar-refractivity contribution is -0.677. The van der Waals surface area contributed by atoms with Gasteiger partial charge in [-0.1, -0.05) is 52.4 Å². The molecule has 0 amide bonds. The van der Waals surface area contributed by atoms with Crippen molar-refractivity contribution >= 4 is 16.4 Å². The number of nitrogens with one attached hydrogen (secondary N) is 1. The van der Waals surface area contributed by atoms with Crippen LogP contribution < -0.4 is 4.57 Å². The number of nitrogens with zero attached hydrogens (tertiary/aromatic N) is 1. The molecule has 33 heavy (non-hydrogen) atoms. The van der Waals surface area contributed by atoms with Gasteiger partial charge in [0, 0.05) is 6.61 Å². The molecule has 10 nitrogen and oxygen atoms in total. The zero-order valence-electron chi connectivity index (χ0n) is 20.4. The van der Waals surface area contributed by atoms with Crippen molar-refractivity contribution in [3.8, 4) is 0 Å². The van der Waals surface area contributed by atoms with Crippen LogP contribution in [0.3, 0.4) is 0 Å². The maximum atomic E-state index is 11.5. The zero-order valence-corrected chi connectivity index (χ0v) is 21.2. The highest BCUT2D eigenvalue weighted by Gasteiger charge is 2.13. The van der Waals surface area contributed by atoms with Crippen molar-refractivity contribution in [1.29, 1.82) is 0 Å². The molecule has 1 N–H and O–H groups in total. The Morgan fingerprint density at radius 2 is 1.52 bits per heavy atom. The summed E-state index contributed by atoms with van der Waals surface area (Å²) < 4.78 is 51.6. The lowest BCUT2D eigenvalue weighted by atomic mass is 10.1. The van der Waals surface area contributed by atoms with E-state index in [0.29, 0.717) is 26.2 Å². The third-order valence-corrected chi connectivity index (χ3v) is 4.97. The number of aromatic nitrogens is 2. The van der Waals surface area contributed by atoms with Crippen LogP contribution in [0.2, 0.25) is 0 Å². The number of imidazole rings is 1. The van der Waals surface area contributed by atoms with Gasteiger partial charge in [-0.05, 0) is 12.8 Å². The summed E-state index contributed by atoms with van der Waals surface area (Å²) in [5.41, 5.74) is 0. The monoisotopic (exact) mass is 494 g/mol. The van der Waals surface area contributed by atoms with E-state index in [2.05, 4.69) is 23.0 Å². The summed E-state index contributed by atoms with van der Waals surface area (Å²) in [6.45, 7) is 6.87. The van der Waals surface area contributed by atoms with Gasteiger partial charge in [-0.25, -0.2) is 18.0 Å². The Morgan fingerprint density at radius 3 is 2.12 bits per heavy atom. The number of hydrogen-bond donors (Lipinski definition) is 1. The predicted molar refractivity (Wildman–Crippen MR) is 122 cm³/mol. The average Bonchev–Trinajstić information content (AvgIpc) is 3.16.